The van der Waals surface area contributed by atoms with E-state index in [1.165, 1.54) is 12.1 Å². The Bertz CT molecular complexity index is 552. The van der Waals surface area contributed by atoms with E-state index < -0.39 is 4.92 Å². The molecule has 0 radical (unpaired) electrons. The summed E-state index contributed by atoms with van der Waals surface area (Å²) in [5.41, 5.74) is 4.44. The Morgan fingerprint density at radius 1 is 1.17 bits per heavy atom. The Balaban J connectivity index is 1.98. The Morgan fingerprint density at radius 3 is 2.44 bits per heavy atom. The van der Waals surface area contributed by atoms with Crippen molar-refractivity contribution in [2.75, 3.05) is 5.43 Å². The molecule has 2 aromatic rings. The Hall–Kier alpha value is -2.76. The largest absolute Gasteiger partial charge is 0.278 e. The average molecular weight is 242 g/mol. The van der Waals surface area contributed by atoms with E-state index in [1.807, 2.05) is 12.1 Å². The number of non-ortho nitro benzene ring substituents is 1. The predicted octanol–water partition coefficient (Wildman–Crippen LogP) is 2.44. The van der Waals surface area contributed by atoms with Crippen LogP contribution in [0.2, 0.25) is 0 Å². The van der Waals surface area contributed by atoms with Crippen molar-refractivity contribution in [2.24, 2.45) is 5.10 Å². The van der Waals surface area contributed by atoms with Crippen LogP contribution < -0.4 is 5.43 Å². The van der Waals surface area contributed by atoms with Crippen LogP contribution in [0.15, 0.2) is 53.9 Å². The van der Waals surface area contributed by atoms with Crippen molar-refractivity contribution in [3.05, 3.63) is 64.5 Å². The van der Waals surface area contributed by atoms with Gasteiger partial charge in [0.05, 0.1) is 16.8 Å². The monoisotopic (exact) mass is 242 g/mol. The molecule has 0 atom stereocenters. The molecule has 1 aromatic heterocycles. The van der Waals surface area contributed by atoms with Gasteiger partial charge in [0.2, 0.25) is 0 Å². The number of pyridine rings is 1. The summed E-state index contributed by atoms with van der Waals surface area (Å²) >= 11 is 0. The summed E-state index contributed by atoms with van der Waals surface area (Å²) in [6.45, 7) is 0. The molecule has 2 rings (SSSR count). The van der Waals surface area contributed by atoms with Crippen LogP contribution in [0.4, 0.5) is 11.4 Å². The van der Waals surface area contributed by atoms with Gasteiger partial charge in [0, 0.05) is 24.5 Å². The molecular weight excluding hydrogens is 232 g/mol. The highest BCUT2D eigenvalue weighted by molar-refractivity contribution is 5.79. The standard InChI is InChI=1S/C12H10N4O2/c17-16(18)12-3-1-11(2-4-12)15-14-9-10-5-7-13-8-6-10/h1-9,15H/b14-9-. The van der Waals surface area contributed by atoms with Gasteiger partial charge in [-0.2, -0.15) is 5.10 Å². The number of nitro benzene ring substituents is 1. The summed E-state index contributed by atoms with van der Waals surface area (Å²) in [6.07, 6.45) is 4.99. The number of rotatable bonds is 4. The van der Waals surface area contributed by atoms with Crippen molar-refractivity contribution in [1.29, 1.82) is 0 Å². The molecule has 0 amide bonds. The smallest absolute Gasteiger partial charge is 0.269 e. The second-order valence-electron chi connectivity index (χ2n) is 3.45. The van der Waals surface area contributed by atoms with Crippen LogP contribution in [0.1, 0.15) is 5.56 Å². The first-order chi connectivity index (χ1) is 8.75. The van der Waals surface area contributed by atoms with Crippen LogP contribution in [0.25, 0.3) is 0 Å². The fourth-order valence-electron chi connectivity index (χ4n) is 1.29. The van der Waals surface area contributed by atoms with Gasteiger partial charge in [0.1, 0.15) is 0 Å². The maximum Gasteiger partial charge on any atom is 0.269 e. The van der Waals surface area contributed by atoms with E-state index in [0.717, 1.165) is 5.56 Å². The first-order valence-electron chi connectivity index (χ1n) is 5.19. The lowest BCUT2D eigenvalue weighted by Crippen LogP contribution is -1.92. The first-order valence-corrected chi connectivity index (χ1v) is 5.19. The van der Waals surface area contributed by atoms with Crippen molar-refractivity contribution in [3.63, 3.8) is 0 Å². The molecule has 0 aliphatic rings. The van der Waals surface area contributed by atoms with Gasteiger partial charge >= 0.3 is 0 Å². The summed E-state index contributed by atoms with van der Waals surface area (Å²) in [5, 5.41) is 14.5. The van der Waals surface area contributed by atoms with Crippen molar-refractivity contribution >= 4 is 17.6 Å². The number of nitro groups is 1. The molecule has 0 aliphatic carbocycles. The third kappa shape index (κ3) is 3.11. The van der Waals surface area contributed by atoms with E-state index in [-0.39, 0.29) is 5.69 Å². The average Bonchev–Trinajstić information content (AvgIpc) is 2.40. The SMILES string of the molecule is O=[N+]([O-])c1ccc(N/N=C\c2ccncc2)cc1. The van der Waals surface area contributed by atoms with E-state index in [0.29, 0.717) is 5.69 Å². The minimum atomic E-state index is -0.440. The topological polar surface area (TPSA) is 80.4 Å². The van der Waals surface area contributed by atoms with E-state index in [1.54, 1.807) is 30.7 Å². The molecule has 0 saturated carbocycles. The number of nitrogens with one attached hydrogen (secondary N) is 1. The molecule has 0 spiro atoms. The lowest BCUT2D eigenvalue weighted by Gasteiger charge is -1.99. The number of benzene rings is 1. The number of hydrazone groups is 1. The third-order valence-electron chi connectivity index (χ3n) is 2.19. The molecule has 0 fully saturated rings. The van der Waals surface area contributed by atoms with Crippen LogP contribution in [0.5, 0.6) is 0 Å². The number of hydrogen-bond acceptors (Lipinski definition) is 5. The minimum absolute atomic E-state index is 0.0543. The lowest BCUT2D eigenvalue weighted by atomic mass is 10.3. The van der Waals surface area contributed by atoms with Gasteiger partial charge in [0.15, 0.2) is 0 Å². The van der Waals surface area contributed by atoms with E-state index in [2.05, 4.69) is 15.5 Å². The molecular formula is C12H10N4O2. The summed E-state index contributed by atoms with van der Waals surface area (Å²) < 4.78 is 0. The molecule has 0 unspecified atom stereocenters. The molecule has 0 bridgehead atoms. The van der Waals surface area contributed by atoms with Gasteiger partial charge < -0.3 is 0 Å². The molecule has 1 heterocycles. The number of anilines is 1. The van der Waals surface area contributed by atoms with Gasteiger partial charge in [-0.25, -0.2) is 0 Å². The highest BCUT2D eigenvalue weighted by Crippen LogP contribution is 2.15. The zero-order valence-electron chi connectivity index (χ0n) is 9.35. The van der Waals surface area contributed by atoms with E-state index in [4.69, 9.17) is 0 Å². The highest BCUT2D eigenvalue weighted by atomic mass is 16.6. The molecule has 6 nitrogen and oxygen atoms in total. The zero-order chi connectivity index (χ0) is 12.8. The second-order valence-corrected chi connectivity index (χ2v) is 3.45. The minimum Gasteiger partial charge on any atom is -0.278 e. The quantitative estimate of drug-likeness (QED) is 0.507. The van der Waals surface area contributed by atoms with Gasteiger partial charge in [0.25, 0.3) is 5.69 Å². The normalized spacial score (nSPS) is 10.4. The van der Waals surface area contributed by atoms with Crippen molar-refractivity contribution < 1.29 is 4.92 Å². The highest BCUT2D eigenvalue weighted by Gasteiger charge is 2.02. The lowest BCUT2D eigenvalue weighted by molar-refractivity contribution is -0.384. The Labute approximate surface area is 103 Å². The fourth-order valence-corrected chi connectivity index (χ4v) is 1.29. The molecule has 0 saturated heterocycles. The molecule has 90 valence electrons. The number of nitrogens with zero attached hydrogens (tertiary/aromatic N) is 3. The summed E-state index contributed by atoms with van der Waals surface area (Å²) in [7, 11) is 0. The van der Waals surface area contributed by atoms with Crippen LogP contribution >= 0.6 is 0 Å². The van der Waals surface area contributed by atoms with Crippen LogP contribution in [0, 0.1) is 10.1 Å². The van der Waals surface area contributed by atoms with Crippen molar-refractivity contribution in [1.82, 2.24) is 4.98 Å². The summed E-state index contributed by atoms with van der Waals surface area (Å²) in [4.78, 5) is 13.9. The van der Waals surface area contributed by atoms with Gasteiger partial charge in [-0.1, -0.05) is 0 Å². The second kappa shape index (κ2) is 5.53. The van der Waals surface area contributed by atoms with Gasteiger partial charge in [-0.15, -0.1) is 0 Å². The first kappa shape index (κ1) is 11.7. The summed E-state index contributed by atoms with van der Waals surface area (Å²) in [6, 6.07) is 9.68. The van der Waals surface area contributed by atoms with E-state index in [9.17, 15) is 10.1 Å². The molecule has 1 aromatic carbocycles. The molecule has 0 aliphatic heterocycles. The number of aromatic nitrogens is 1. The van der Waals surface area contributed by atoms with Gasteiger partial charge in [-0.05, 0) is 29.8 Å². The number of hydrogen-bond donors (Lipinski definition) is 1. The van der Waals surface area contributed by atoms with E-state index >= 15 is 0 Å². The van der Waals surface area contributed by atoms with Crippen LogP contribution in [-0.4, -0.2) is 16.1 Å². The van der Waals surface area contributed by atoms with Crippen LogP contribution in [-0.2, 0) is 0 Å². The molecule has 18 heavy (non-hydrogen) atoms. The van der Waals surface area contributed by atoms with Crippen molar-refractivity contribution in [3.8, 4) is 0 Å². The Kier molecular flexibility index (Phi) is 3.60. The fraction of sp³-hybridized carbons (Fsp3) is 0. The van der Waals surface area contributed by atoms with Crippen molar-refractivity contribution in [2.45, 2.75) is 0 Å². The van der Waals surface area contributed by atoms with Crippen LogP contribution in [0.3, 0.4) is 0 Å². The maximum absolute atomic E-state index is 10.5. The third-order valence-corrected chi connectivity index (χ3v) is 2.19. The molecule has 1 N–H and O–H groups in total. The van der Waals surface area contributed by atoms with Gasteiger partial charge in [-0.3, -0.25) is 20.5 Å². The zero-order valence-corrected chi connectivity index (χ0v) is 9.35. The maximum atomic E-state index is 10.5. The predicted molar refractivity (Wildman–Crippen MR) is 68.6 cm³/mol. The molecule has 6 heteroatoms. The Morgan fingerprint density at radius 2 is 1.83 bits per heavy atom. The summed E-state index contributed by atoms with van der Waals surface area (Å²) in [5.74, 6) is 0.